The van der Waals surface area contributed by atoms with Crippen LogP contribution >= 0.6 is 11.6 Å². The van der Waals surface area contributed by atoms with Gasteiger partial charge in [0.2, 0.25) is 0 Å². The molecule has 6 nitrogen and oxygen atoms in total. The first-order chi connectivity index (χ1) is 9.99. The molecule has 0 amide bonds. The lowest BCUT2D eigenvalue weighted by atomic mass is 10.1. The summed E-state index contributed by atoms with van der Waals surface area (Å²) in [4.78, 5) is 22.3. The molecule has 0 fully saturated rings. The monoisotopic (exact) mass is 316 g/mol. The van der Waals surface area contributed by atoms with E-state index in [0.717, 1.165) is 0 Å². The summed E-state index contributed by atoms with van der Waals surface area (Å²) >= 11 is 6.05. The smallest absolute Gasteiger partial charge is 0.329 e. The predicted octanol–water partition coefficient (Wildman–Crippen LogP) is 2.42. The number of hydrogen-bond acceptors (Lipinski definition) is 5. The molecule has 1 aromatic rings. The minimum atomic E-state index is -1.14. The van der Waals surface area contributed by atoms with Gasteiger partial charge in [-0.3, -0.25) is 4.79 Å². The molecule has 0 spiro atoms. The standard InChI is InChI=1S/C14H17ClO6/c1-3-20-12-5-9(10(15)6-13(12)21-4-2)11(16)7-19-8-14(17)18/h5-6H,3-4,7-8H2,1-2H3,(H,17,18). The minimum Gasteiger partial charge on any atom is -0.490 e. The highest BCUT2D eigenvalue weighted by atomic mass is 35.5. The summed E-state index contributed by atoms with van der Waals surface area (Å²) in [5.41, 5.74) is 0.203. The summed E-state index contributed by atoms with van der Waals surface area (Å²) in [7, 11) is 0. The number of carbonyl (C=O) groups is 2. The number of ketones is 1. The predicted molar refractivity (Wildman–Crippen MR) is 76.6 cm³/mol. The molecule has 21 heavy (non-hydrogen) atoms. The second-order valence-corrected chi connectivity index (χ2v) is 4.36. The Morgan fingerprint density at radius 3 is 2.19 bits per heavy atom. The summed E-state index contributed by atoms with van der Waals surface area (Å²) in [5.74, 6) is -0.710. The Morgan fingerprint density at radius 1 is 1.10 bits per heavy atom. The summed E-state index contributed by atoms with van der Waals surface area (Å²) in [6.07, 6.45) is 0. The molecule has 0 aliphatic rings. The minimum absolute atomic E-state index is 0.200. The van der Waals surface area contributed by atoms with Gasteiger partial charge in [-0.05, 0) is 19.9 Å². The second-order valence-electron chi connectivity index (χ2n) is 3.95. The van der Waals surface area contributed by atoms with E-state index in [9.17, 15) is 9.59 Å². The van der Waals surface area contributed by atoms with Crippen molar-refractivity contribution in [3.05, 3.63) is 22.7 Å². The van der Waals surface area contributed by atoms with E-state index in [2.05, 4.69) is 0 Å². The number of carboxylic acid groups (broad SMARTS) is 1. The van der Waals surface area contributed by atoms with Gasteiger partial charge in [0.25, 0.3) is 0 Å². The molecule has 0 atom stereocenters. The molecule has 1 N–H and O–H groups in total. The number of aliphatic carboxylic acids is 1. The molecule has 1 aromatic carbocycles. The average Bonchev–Trinajstić information content (AvgIpc) is 2.41. The Morgan fingerprint density at radius 2 is 1.67 bits per heavy atom. The summed E-state index contributed by atoms with van der Waals surface area (Å²) in [6.45, 7) is 3.56. The van der Waals surface area contributed by atoms with Crippen molar-refractivity contribution in [2.75, 3.05) is 26.4 Å². The number of carboxylic acids is 1. The van der Waals surface area contributed by atoms with Crippen molar-refractivity contribution in [2.45, 2.75) is 13.8 Å². The molecule has 0 aliphatic heterocycles. The van der Waals surface area contributed by atoms with Crippen LogP contribution in [0.4, 0.5) is 0 Å². The summed E-state index contributed by atoms with van der Waals surface area (Å²) in [6, 6.07) is 2.98. The number of halogens is 1. The van der Waals surface area contributed by atoms with Crippen molar-refractivity contribution in [2.24, 2.45) is 0 Å². The molecule has 0 aromatic heterocycles. The number of rotatable bonds is 9. The van der Waals surface area contributed by atoms with Crippen LogP contribution in [0.5, 0.6) is 11.5 Å². The van der Waals surface area contributed by atoms with E-state index in [1.54, 1.807) is 0 Å². The number of hydrogen-bond donors (Lipinski definition) is 1. The van der Waals surface area contributed by atoms with Crippen molar-refractivity contribution in [3.8, 4) is 11.5 Å². The molecular weight excluding hydrogens is 300 g/mol. The van der Waals surface area contributed by atoms with Crippen LogP contribution in [-0.4, -0.2) is 43.3 Å². The third kappa shape index (κ3) is 5.24. The molecule has 0 aliphatic carbocycles. The van der Waals surface area contributed by atoms with Gasteiger partial charge in [-0.2, -0.15) is 0 Å². The Balaban J connectivity index is 2.93. The average molecular weight is 317 g/mol. The van der Waals surface area contributed by atoms with Gasteiger partial charge in [-0.15, -0.1) is 0 Å². The number of carbonyl (C=O) groups excluding carboxylic acids is 1. The van der Waals surface area contributed by atoms with E-state index in [0.29, 0.717) is 24.7 Å². The maximum Gasteiger partial charge on any atom is 0.329 e. The van der Waals surface area contributed by atoms with Gasteiger partial charge >= 0.3 is 5.97 Å². The first kappa shape index (κ1) is 17.3. The van der Waals surface area contributed by atoms with Crippen LogP contribution in [0.3, 0.4) is 0 Å². The fraction of sp³-hybridized carbons (Fsp3) is 0.429. The fourth-order valence-electron chi connectivity index (χ4n) is 1.59. The lowest BCUT2D eigenvalue weighted by Gasteiger charge is -2.13. The topological polar surface area (TPSA) is 82.1 Å². The van der Waals surface area contributed by atoms with Crippen molar-refractivity contribution in [3.63, 3.8) is 0 Å². The Bertz CT molecular complexity index is 514. The van der Waals surface area contributed by atoms with E-state index in [-0.39, 0.29) is 17.2 Å². The zero-order valence-electron chi connectivity index (χ0n) is 11.8. The van der Waals surface area contributed by atoms with Crippen molar-refractivity contribution < 1.29 is 28.9 Å². The molecular formula is C14H17ClO6. The zero-order valence-corrected chi connectivity index (χ0v) is 12.6. The molecule has 0 saturated heterocycles. The van der Waals surface area contributed by atoms with Crippen molar-refractivity contribution in [1.82, 2.24) is 0 Å². The first-order valence-corrected chi connectivity index (χ1v) is 6.79. The van der Waals surface area contributed by atoms with E-state index < -0.39 is 18.4 Å². The van der Waals surface area contributed by atoms with Gasteiger partial charge in [0.15, 0.2) is 17.3 Å². The highest BCUT2D eigenvalue weighted by molar-refractivity contribution is 6.34. The van der Waals surface area contributed by atoms with Crippen LogP contribution in [0.15, 0.2) is 12.1 Å². The van der Waals surface area contributed by atoms with Crippen LogP contribution < -0.4 is 9.47 Å². The zero-order chi connectivity index (χ0) is 15.8. The van der Waals surface area contributed by atoms with Gasteiger partial charge in [-0.1, -0.05) is 11.6 Å². The molecule has 0 bridgehead atoms. The molecule has 0 unspecified atom stereocenters. The molecule has 1 rings (SSSR count). The first-order valence-electron chi connectivity index (χ1n) is 6.41. The summed E-state index contributed by atoms with van der Waals surface area (Å²) < 4.78 is 15.6. The second kappa shape index (κ2) is 8.49. The fourth-order valence-corrected chi connectivity index (χ4v) is 1.85. The van der Waals surface area contributed by atoms with Gasteiger partial charge in [-0.25, -0.2) is 4.79 Å². The van der Waals surface area contributed by atoms with Crippen LogP contribution in [-0.2, 0) is 9.53 Å². The third-order valence-corrected chi connectivity index (χ3v) is 2.70. The van der Waals surface area contributed by atoms with Crippen LogP contribution in [0.1, 0.15) is 24.2 Å². The maximum atomic E-state index is 12.0. The number of benzene rings is 1. The normalized spacial score (nSPS) is 10.2. The largest absolute Gasteiger partial charge is 0.490 e. The van der Waals surface area contributed by atoms with Gasteiger partial charge in [0, 0.05) is 11.6 Å². The van der Waals surface area contributed by atoms with E-state index >= 15 is 0 Å². The molecule has 0 saturated carbocycles. The quantitative estimate of drug-likeness (QED) is 0.705. The number of ether oxygens (including phenoxy) is 3. The third-order valence-electron chi connectivity index (χ3n) is 2.39. The lowest BCUT2D eigenvalue weighted by molar-refractivity contribution is -0.141. The highest BCUT2D eigenvalue weighted by Crippen LogP contribution is 2.34. The van der Waals surface area contributed by atoms with Crippen molar-refractivity contribution in [1.29, 1.82) is 0 Å². The Hall–Kier alpha value is -1.79. The SMILES string of the molecule is CCOc1cc(Cl)c(C(=O)COCC(=O)O)cc1OCC. The van der Waals surface area contributed by atoms with E-state index in [1.807, 2.05) is 13.8 Å². The molecule has 116 valence electrons. The van der Waals surface area contributed by atoms with Crippen molar-refractivity contribution >= 4 is 23.4 Å². The van der Waals surface area contributed by atoms with Crippen LogP contribution in [0, 0.1) is 0 Å². The summed E-state index contributed by atoms with van der Waals surface area (Å²) in [5, 5.41) is 8.66. The van der Waals surface area contributed by atoms with Gasteiger partial charge < -0.3 is 19.3 Å². The highest BCUT2D eigenvalue weighted by Gasteiger charge is 2.17. The van der Waals surface area contributed by atoms with E-state index in [1.165, 1.54) is 12.1 Å². The Labute approximate surface area is 127 Å². The number of Topliss-reactive ketones (excluding diaryl/α,β-unsaturated/α-hetero) is 1. The molecule has 7 heteroatoms. The van der Waals surface area contributed by atoms with Crippen LogP contribution in [0.2, 0.25) is 5.02 Å². The molecule has 0 heterocycles. The Kier molecular flexibility index (Phi) is 6.98. The van der Waals surface area contributed by atoms with E-state index in [4.69, 9.17) is 30.9 Å². The van der Waals surface area contributed by atoms with Crippen LogP contribution in [0.25, 0.3) is 0 Å². The maximum absolute atomic E-state index is 12.0. The lowest BCUT2D eigenvalue weighted by Crippen LogP contribution is -2.15. The molecule has 0 radical (unpaired) electrons. The van der Waals surface area contributed by atoms with Gasteiger partial charge in [0.05, 0.1) is 18.2 Å². The van der Waals surface area contributed by atoms with Gasteiger partial charge in [0.1, 0.15) is 13.2 Å².